The number of aliphatic hydroxyl groups is 1. The third kappa shape index (κ3) is 3.59. The lowest BCUT2D eigenvalue weighted by atomic mass is 9.66. The molecule has 2 aromatic rings. The normalized spacial score (nSPS) is 25.3. The lowest BCUT2D eigenvalue weighted by molar-refractivity contribution is -0.141. The van der Waals surface area contributed by atoms with Crippen molar-refractivity contribution in [1.82, 2.24) is 0 Å². The molecule has 0 radical (unpaired) electrons. The van der Waals surface area contributed by atoms with Gasteiger partial charge in [-0.15, -0.1) is 0 Å². The molecule has 2 aromatic carbocycles. The largest absolute Gasteiger partial charge is 0.493 e. The number of fused-ring (bicyclic) bond motifs is 3. The van der Waals surface area contributed by atoms with Crippen molar-refractivity contribution in [2.24, 2.45) is 11.8 Å². The number of esters is 1. The standard InChI is InChI=1S/C25H28O9/c1-5-30-12(2)34-24-19(28-3)6-13(7-20(24)29-4)21-14-8-17-18(33-11-32-17)9-15(14)23(26)16-10-31-25(27)22(16)21/h6-9,12,16,21-23,26H,5,10-11H2,1-4H3/t12?,16-,21+,22-,23+/m0/s1. The van der Waals surface area contributed by atoms with E-state index in [-0.39, 0.29) is 19.4 Å². The highest BCUT2D eigenvalue weighted by Crippen LogP contribution is 2.55. The number of carbonyl (C=O) groups is 1. The number of cyclic esters (lactones) is 1. The molecule has 0 bridgehead atoms. The zero-order chi connectivity index (χ0) is 24.0. The minimum Gasteiger partial charge on any atom is -0.493 e. The average Bonchev–Trinajstić information content (AvgIpc) is 3.45. The fourth-order valence-electron chi connectivity index (χ4n) is 5.16. The molecule has 0 saturated carbocycles. The molecule has 2 aliphatic heterocycles. The number of hydrogen-bond donors (Lipinski definition) is 1. The zero-order valence-electron chi connectivity index (χ0n) is 19.5. The van der Waals surface area contributed by atoms with Crippen molar-refractivity contribution in [3.05, 3.63) is 41.0 Å². The minimum absolute atomic E-state index is 0.111. The predicted octanol–water partition coefficient (Wildman–Crippen LogP) is 3.16. The van der Waals surface area contributed by atoms with Gasteiger partial charge in [0, 0.05) is 18.4 Å². The Labute approximate surface area is 197 Å². The molecule has 1 fully saturated rings. The molecule has 1 N–H and O–H groups in total. The minimum atomic E-state index is -0.865. The lowest BCUT2D eigenvalue weighted by Crippen LogP contribution is -2.34. The van der Waals surface area contributed by atoms with Crippen molar-refractivity contribution in [3.8, 4) is 28.7 Å². The second-order valence-corrected chi connectivity index (χ2v) is 8.47. The van der Waals surface area contributed by atoms with Crippen LogP contribution in [0.2, 0.25) is 0 Å². The first-order valence-corrected chi connectivity index (χ1v) is 11.3. The van der Waals surface area contributed by atoms with Crippen LogP contribution >= 0.6 is 0 Å². The number of aliphatic hydroxyl groups excluding tert-OH is 1. The van der Waals surface area contributed by atoms with Gasteiger partial charge in [0.25, 0.3) is 0 Å². The van der Waals surface area contributed by atoms with E-state index in [1.165, 1.54) is 0 Å². The predicted molar refractivity (Wildman–Crippen MR) is 119 cm³/mol. The maximum atomic E-state index is 12.9. The smallest absolute Gasteiger partial charge is 0.310 e. The Morgan fingerprint density at radius 2 is 1.68 bits per heavy atom. The van der Waals surface area contributed by atoms with E-state index < -0.39 is 30.1 Å². The summed E-state index contributed by atoms with van der Waals surface area (Å²) in [5.41, 5.74) is 2.24. The van der Waals surface area contributed by atoms with Gasteiger partial charge in [0.05, 0.1) is 32.8 Å². The van der Waals surface area contributed by atoms with E-state index >= 15 is 0 Å². The fraction of sp³-hybridized carbons (Fsp3) is 0.480. The number of carbonyl (C=O) groups excluding carboxylic acids is 1. The first-order valence-electron chi connectivity index (χ1n) is 11.3. The van der Waals surface area contributed by atoms with Crippen LogP contribution in [-0.2, 0) is 14.3 Å². The Bertz CT molecular complexity index is 1070. The summed E-state index contributed by atoms with van der Waals surface area (Å²) >= 11 is 0. The summed E-state index contributed by atoms with van der Waals surface area (Å²) < 4.78 is 39.3. The monoisotopic (exact) mass is 472 g/mol. The fourth-order valence-corrected chi connectivity index (χ4v) is 5.16. The molecule has 34 heavy (non-hydrogen) atoms. The number of benzene rings is 2. The molecule has 0 spiro atoms. The molecule has 1 aliphatic carbocycles. The molecule has 3 aliphatic rings. The van der Waals surface area contributed by atoms with E-state index in [9.17, 15) is 9.90 Å². The summed E-state index contributed by atoms with van der Waals surface area (Å²) in [4.78, 5) is 12.9. The van der Waals surface area contributed by atoms with Crippen LogP contribution in [-0.4, -0.2) is 51.6 Å². The van der Waals surface area contributed by atoms with E-state index in [0.717, 1.165) is 11.1 Å². The van der Waals surface area contributed by atoms with Crippen LogP contribution in [0.4, 0.5) is 0 Å². The number of hydrogen-bond acceptors (Lipinski definition) is 9. The Kier molecular flexibility index (Phi) is 5.91. The van der Waals surface area contributed by atoms with Crippen LogP contribution in [0.5, 0.6) is 28.7 Å². The van der Waals surface area contributed by atoms with Crippen molar-refractivity contribution in [1.29, 1.82) is 0 Å². The molecule has 9 nitrogen and oxygen atoms in total. The highest BCUT2D eigenvalue weighted by molar-refractivity contribution is 5.79. The van der Waals surface area contributed by atoms with Crippen molar-refractivity contribution in [2.45, 2.75) is 32.2 Å². The van der Waals surface area contributed by atoms with Crippen molar-refractivity contribution >= 4 is 5.97 Å². The molecular weight excluding hydrogens is 444 g/mol. The maximum absolute atomic E-state index is 12.9. The number of ether oxygens (including phenoxy) is 7. The summed E-state index contributed by atoms with van der Waals surface area (Å²) in [6.07, 6.45) is -1.38. The SMILES string of the molecule is CCOC(C)Oc1c(OC)cc([C@@H]2c3cc4c(cc3[C@@H](O)[C@H]3COC(=O)[C@H]23)OCO4)cc1OC. The molecule has 1 saturated heterocycles. The van der Waals surface area contributed by atoms with Crippen molar-refractivity contribution in [3.63, 3.8) is 0 Å². The quantitative estimate of drug-likeness (QED) is 0.481. The van der Waals surface area contributed by atoms with Gasteiger partial charge in [0.2, 0.25) is 12.5 Å². The van der Waals surface area contributed by atoms with Gasteiger partial charge in [-0.3, -0.25) is 4.79 Å². The molecule has 1 unspecified atom stereocenters. The third-order valence-corrected chi connectivity index (χ3v) is 6.68. The van der Waals surface area contributed by atoms with Gasteiger partial charge in [-0.05, 0) is 54.8 Å². The van der Waals surface area contributed by atoms with Crippen molar-refractivity contribution in [2.75, 3.05) is 34.2 Å². The Morgan fingerprint density at radius 3 is 2.29 bits per heavy atom. The van der Waals surface area contributed by atoms with Crippen LogP contribution in [0.15, 0.2) is 24.3 Å². The second kappa shape index (κ2) is 8.88. The van der Waals surface area contributed by atoms with Crippen molar-refractivity contribution < 1.29 is 43.1 Å². The van der Waals surface area contributed by atoms with Crippen LogP contribution in [0.3, 0.4) is 0 Å². The molecule has 2 heterocycles. The molecule has 0 amide bonds. The maximum Gasteiger partial charge on any atom is 0.310 e. The Hall–Kier alpha value is -3.17. The first kappa shape index (κ1) is 22.6. The van der Waals surface area contributed by atoms with Crippen LogP contribution < -0.4 is 23.7 Å². The summed E-state index contributed by atoms with van der Waals surface area (Å²) in [5, 5.41) is 11.1. The van der Waals surface area contributed by atoms with E-state index in [1.807, 2.05) is 25.1 Å². The van der Waals surface area contributed by atoms with Gasteiger partial charge in [-0.1, -0.05) is 0 Å². The zero-order valence-corrected chi connectivity index (χ0v) is 19.5. The Balaban J connectivity index is 1.66. The lowest BCUT2D eigenvalue weighted by Gasteiger charge is -2.37. The first-order chi connectivity index (χ1) is 16.5. The molecule has 5 rings (SSSR count). The highest BCUT2D eigenvalue weighted by Gasteiger charge is 2.52. The van der Waals surface area contributed by atoms with Gasteiger partial charge in [0.15, 0.2) is 29.3 Å². The third-order valence-electron chi connectivity index (χ3n) is 6.68. The van der Waals surface area contributed by atoms with Crippen LogP contribution in [0.25, 0.3) is 0 Å². The van der Waals surface area contributed by atoms with Gasteiger partial charge in [-0.2, -0.15) is 0 Å². The molecular formula is C25H28O9. The highest BCUT2D eigenvalue weighted by atomic mass is 16.7. The summed E-state index contributed by atoms with van der Waals surface area (Å²) in [7, 11) is 3.08. The molecule has 9 heteroatoms. The molecule has 0 aromatic heterocycles. The van der Waals surface area contributed by atoms with Gasteiger partial charge >= 0.3 is 5.97 Å². The van der Waals surface area contributed by atoms with E-state index in [4.69, 9.17) is 33.2 Å². The summed E-state index contributed by atoms with van der Waals surface area (Å²) in [6.45, 7) is 4.42. The van der Waals surface area contributed by atoms with E-state index in [2.05, 4.69) is 0 Å². The second-order valence-electron chi connectivity index (χ2n) is 8.47. The van der Waals surface area contributed by atoms with Gasteiger partial charge in [-0.25, -0.2) is 0 Å². The summed E-state index contributed by atoms with van der Waals surface area (Å²) in [6, 6.07) is 7.30. The van der Waals surface area contributed by atoms with E-state index in [1.54, 1.807) is 27.2 Å². The topological polar surface area (TPSA) is 102 Å². The average molecular weight is 472 g/mol. The summed E-state index contributed by atoms with van der Waals surface area (Å²) in [5.74, 6) is 0.697. The van der Waals surface area contributed by atoms with Crippen LogP contribution in [0.1, 0.15) is 42.6 Å². The Morgan fingerprint density at radius 1 is 1.03 bits per heavy atom. The van der Waals surface area contributed by atoms with Crippen LogP contribution in [0, 0.1) is 11.8 Å². The number of rotatable bonds is 7. The molecule has 182 valence electrons. The van der Waals surface area contributed by atoms with E-state index in [0.29, 0.717) is 40.9 Å². The van der Waals surface area contributed by atoms with Gasteiger partial charge < -0.3 is 38.3 Å². The molecule has 5 atom stereocenters. The number of methoxy groups -OCH3 is 2. The van der Waals surface area contributed by atoms with Gasteiger partial charge in [0.1, 0.15) is 0 Å².